The van der Waals surface area contributed by atoms with Gasteiger partial charge < -0.3 is 9.47 Å². The fourth-order valence-corrected chi connectivity index (χ4v) is 4.23. The molecule has 0 bridgehead atoms. The average Bonchev–Trinajstić information content (AvgIpc) is 3.30. The van der Waals surface area contributed by atoms with Crippen LogP contribution in [-0.4, -0.2) is 25.4 Å². The number of hydrogen-bond donors (Lipinski definition) is 0. The molecule has 1 aliphatic rings. The normalized spacial score (nSPS) is 14.8. The quantitative estimate of drug-likeness (QED) is 0.513. The Morgan fingerprint density at radius 1 is 1.14 bits per heavy atom. The van der Waals surface area contributed by atoms with Crippen LogP contribution in [0, 0.1) is 6.92 Å². The van der Waals surface area contributed by atoms with Gasteiger partial charge in [-0.3, -0.25) is 0 Å². The van der Waals surface area contributed by atoms with Crippen LogP contribution in [0.2, 0.25) is 0 Å². The number of aromatic nitrogens is 4. The molecule has 0 amide bonds. The molecule has 3 heterocycles. The lowest BCUT2D eigenvalue weighted by Gasteiger charge is -2.18. The van der Waals surface area contributed by atoms with Gasteiger partial charge in [-0.15, -0.1) is 14.8 Å². The van der Waals surface area contributed by atoms with Crippen LogP contribution in [0.5, 0.6) is 11.5 Å². The summed E-state index contributed by atoms with van der Waals surface area (Å²) in [5.41, 5.74) is 3.27. The molecule has 6 nitrogen and oxygen atoms in total. The van der Waals surface area contributed by atoms with Crippen molar-refractivity contribution in [2.24, 2.45) is 0 Å². The fourth-order valence-electron chi connectivity index (χ4n) is 3.37. The van der Waals surface area contributed by atoms with Crippen LogP contribution in [0.1, 0.15) is 30.8 Å². The highest BCUT2D eigenvalue weighted by atomic mass is 32.1. The molecule has 28 heavy (non-hydrogen) atoms. The van der Waals surface area contributed by atoms with Crippen LogP contribution >= 0.6 is 11.3 Å². The Balaban J connectivity index is 1.34. The molecule has 0 N–H and O–H groups in total. The number of para-hydroxylation sites is 1. The van der Waals surface area contributed by atoms with Gasteiger partial charge >= 0.3 is 0 Å². The van der Waals surface area contributed by atoms with Crippen LogP contribution in [-0.2, 0) is 13.0 Å². The maximum Gasteiger partial charge on any atom is 0.233 e. The molecule has 0 saturated heterocycles. The van der Waals surface area contributed by atoms with Gasteiger partial charge in [0, 0.05) is 17.5 Å². The lowest BCUT2D eigenvalue weighted by atomic mass is 10.0. The van der Waals surface area contributed by atoms with Crippen molar-refractivity contribution in [2.45, 2.75) is 39.4 Å². The summed E-state index contributed by atoms with van der Waals surface area (Å²) in [6, 6.07) is 14.3. The van der Waals surface area contributed by atoms with E-state index >= 15 is 0 Å². The van der Waals surface area contributed by atoms with Gasteiger partial charge in [-0.1, -0.05) is 53.3 Å². The Labute approximate surface area is 166 Å². The summed E-state index contributed by atoms with van der Waals surface area (Å²) in [4.78, 5) is 5.31. The largest absolute Gasteiger partial charge is 0.483 e. The zero-order valence-electron chi connectivity index (χ0n) is 16.0. The molecule has 0 atom stereocenters. The molecule has 7 heteroatoms. The van der Waals surface area contributed by atoms with E-state index in [1.807, 2.05) is 12.1 Å². The highest BCUT2D eigenvalue weighted by Gasteiger charge is 2.32. The standard InChI is InChI=1S/C21H20N4O2S/c1-13-7-9-14(10-8-13)19-24-25-20(28-19)22-17(23-25)12-26-16-6-4-5-15-11-21(2,3)27-18(15)16/h4-10H,11-12H2,1-3H3. The molecular formula is C21H20N4O2S. The predicted molar refractivity (Wildman–Crippen MR) is 108 cm³/mol. The van der Waals surface area contributed by atoms with Crippen molar-refractivity contribution in [3.8, 4) is 22.1 Å². The average molecular weight is 392 g/mol. The highest BCUT2D eigenvalue weighted by Crippen LogP contribution is 2.41. The minimum Gasteiger partial charge on any atom is -0.483 e. The first kappa shape index (κ1) is 17.2. The van der Waals surface area contributed by atoms with Gasteiger partial charge in [0.05, 0.1) is 0 Å². The Hall–Kier alpha value is -2.93. The SMILES string of the molecule is Cc1ccc(-c2nn3nc(COc4cccc5c4OC(C)(C)C5)nc3s2)cc1. The number of fused-ring (bicyclic) bond motifs is 2. The summed E-state index contributed by atoms with van der Waals surface area (Å²) in [7, 11) is 0. The van der Waals surface area contributed by atoms with E-state index in [2.05, 4.69) is 66.3 Å². The molecule has 0 fully saturated rings. The lowest BCUT2D eigenvalue weighted by Crippen LogP contribution is -2.24. The summed E-state index contributed by atoms with van der Waals surface area (Å²) in [5.74, 6) is 2.16. The van der Waals surface area contributed by atoms with Gasteiger partial charge in [0.25, 0.3) is 0 Å². The van der Waals surface area contributed by atoms with Crippen LogP contribution in [0.3, 0.4) is 0 Å². The first-order valence-electron chi connectivity index (χ1n) is 9.20. The van der Waals surface area contributed by atoms with Crippen molar-refractivity contribution in [1.82, 2.24) is 19.8 Å². The predicted octanol–water partition coefficient (Wildman–Crippen LogP) is 4.45. The fraction of sp³-hybridized carbons (Fsp3) is 0.286. The summed E-state index contributed by atoms with van der Waals surface area (Å²) in [6.07, 6.45) is 0.879. The lowest BCUT2D eigenvalue weighted by molar-refractivity contribution is 0.131. The number of hydrogen-bond acceptors (Lipinski definition) is 6. The molecule has 142 valence electrons. The Bertz CT molecular complexity index is 1130. The summed E-state index contributed by atoms with van der Waals surface area (Å²) >= 11 is 1.52. The highest BCUT2D eigenvalue weighted by molar-refractivity contribution is 7.19. The molecule has 2 aromatic carbocycles. The van der Waals surface area contributed by atoms with Gasteiger partial charge in [0.2, 0.25) is 4.96 Å². The maximum atomic E-state index is 6.05. The molecular weight excluding hydrogens is 372 g/mol. The van der Waals surface area contributed by atoms with Crippen LogP contribution in [0.15, 0.2) is 42.5 Å². The second-order valence-electron chi connectivity index (χ2n) is 7.64. The van der Waals surface area contributed by atoms with Gasteiger partial charge in [-0.05, 0) is 26.8 Å². The molecule has 0 saturated carbocycles. The third-order valence-corrected chi connectivity index (χ3v) is 5.64. The third kappa shape index (κ3) is 3.11. The number of ether oxygens (including phenoxy) is 2. The number of aryl methyl sites for hydroxylation is 1. The van der Waals surface area contributed by atoms with Gasteiger partial charge in [-0.25, -0.2) is 0 Å². The molecule has 2 aromatic heterocycles. The van der Waals surface area contributed by atoms with Crippen LogP contribution in [0.4, 0.5) is 0 Å². The third-order valence-electron chi connectivity index (χ3n) is 4.69. The van der Waals surface area contributed by atoms with Crippen molar-refractivity contribution in [3.05, 3.63) is 59.4 Å². The molecule has 0 aliphatic carbocycles. The van der Waals surface area contributed by atoms with E-state index in [4.69, 9.17) is 9.47 Å². The van der Waals surface area contributed by atoms with Crippen molar-refractivity contribution >= 4 is 16.3 Å². The van der Waals surface area contributed by atoms with E-state index in [0.717, 1.165) is 33.5 Å². The van der Waals surface area contributed by atoms with Crippen molar-refractivity contribution in [1.29, 1.82) is 0 Å². The van der Waals surface area contributed by atoms with E-state index in [-0.39, 0.29) is 12.2 Å². The monoisotopic (exact) mass is 392 g/mol. The topological polar surface area (TPSA) is 61.5 Å². The molecule has 4 aromatic rings. The van der Waals surface area contributed by atoms with Crippen LogP contribution in [0.25, 0.3) is 15.5 Å². The second-order valence-corrected chi connectivity index (χ2v) is 8.60. The number of benzene rings is 2. The maximum absolute atomic E-state index is 6.05. The zero-order chi connectivity index (χ0) is 19.3. The van der Waals surface area contributed by atoms with E-state index in [1.165, 1.54) is 22.5 Å². The molecule has 0 unspecified atom stereocenters. The van der Waals surface area contributed by atoms with E-state index in [1.54, 1.807) is 4.63 Å². The summed E-state index contributed by atoms with van der Waals surface area (Å²) in [5, 5.41) is 9.90. The van der Waals surface area contributed by atoms with Crippen molar-refractivity contribution < 1.29 is 9.47 Å². The number of rotatable bonds is 4. The molecule has 5 rings (SSSR count). The first-order valence-corrected chi connectivity index (χ1v) is 10.0. The van der Waals surface area contributed by atoms with E-state index in [0.29, 0.717) is 5.82 Å². The molecule has 1 aliphatic heterocycles. The summed E-state index contributed by atoms with van der Waals surface area (Å²) < 4.78 is 13.6. The second kappa shape index (κ2) is 6.31. The summed E-state index contributed by atoms with van der Waals surface area (Å²) in [6.45, 7) is 6.51. The molecule has 0 spiro atoms. The van der Waals surface area contributed by atoms with Crippen molar-refractivity contribution in [2.75, 3.05) is 0 Å². The first-order chi connectivity index (χ1) is 13.5. The zero-order valence-corrected chi connectivity index (χ0v) is 16.8. The van der Waals surface area contributed by atoms with Gasteiger partial charge in [0.15, 0.2) is 17.3 Å². The number of nitrogens with zero attached hydrogens (tertiary/aromatic N) is 4. The smallest absolute Gasteiger partial charge is 0.233 e. The molecule has 0 radical (unpaired) electrons. The Morgan fingerprint density at radius 2 is 1.96 bits per heavy atom. The van der Waals surface area contributed by atoms with Gasteiger partial charge in [-0.2, -0.15) is 4.98 Å². The van der Waals surface area contributed by atoms with E-state index in [9.17, 15) is 0 Å². The Kier molecular flexibility index (Phi) is 3.87. The minimum atomic E-state index is -0.201. The Morgan fingerprint density at radius 3 is 2.75 bits per heavy atom. The minimum absolute atomic E-state index is 0.201. The van der Waals surface area contributed by atoms with Crippen LogP contribution < -0.4 is 9.47 Å². The van der Waals surface area contributed by atoms with Gasteiger partial charge in [0.1, 0.15) is 17.2 Å². The van der Waals surface area contributed by atoms with E-state index < -0.39 is 0 Å². The van der Waals surface area contributed by atoms with Crippen molar-refractivity contribution in [3.63, 3.8) is 0 Å².